The maximum atomic E-state index is 5.62. The smallest absolute Gasteiger partial charge is 0.161 e. The van der Waals surface area contributed by atoms with Crippen LogP contribution in [0.15, 0.2) is 42.0 Å². The molecule has 0 amide bonds. The van der Waals surface area contributed by atoms with E-state index in [2.05, 4.69) is 41.3 Å². The van der Waals surface area contributed by atoms with E-state index in [1.165, 1.54) is 31.2 Å². The standard InChI is InChI=1S/C19H25NO2/c1-2-5-15(6-3-1)14-20-17-7-4-8-18(20)12-16(11-17)13-19-21-9-10-22-19/h1-3,5-6,11,17-19H,4,7-10,12-14H2. The summed E-state index contributed by atoms with van der Waals surface area (Å²) < 4.78 is 11.2. The summed E-state index contributed by atoms with van der Waals surface area (Å²) in [6.07, 6.45) is 8.64. The number of rotatable bonds is 4. The van der Waals surface area contributed by atoms with Crippen molar-refractivity contribution in [1.82, 2.24) is 4.90 Å². The van der Waals surface area contributed by atoms with Gasteiger partial charge in [0.1, 0.15) is 0 Å². The monoisotopic (exact) mass is 299 g/mol. The van der Waals surface area contributed by atoms with Gasteiger partial charge in [0.15, 0.2) is 6.29 Å². The molecule has 3 nitrogen and oxygen atoms in total. The fourth-order valence-corrected chi connectivity index (χ4v) is 4.14. The van der Waals surface area contributed by atoms with Gasteiger partial charge in [0.05, 0.1) is 13.2 Å². The fraction of sp³-hybridized carbons (Fsp3) is 0.579. The molecule has 2 saturated heterocycles. The highest BCUT2D eigenvalue weighted by molar-refractivity contribution is 5.20. The normalized spacial score (nSPS) is 29.5. The molecule has 0 aliphatic carbocycles. The third-order valence-electron chi connectivity index (χ3n) is 5.19. The number of hydrogen-bond donors (Lipinski definition) is 0. The van der Waals surface area contributed by atoms with Crippen molar-refractivity contribution in [3.05, 3.63) is 47.5 Å². The first kappa shape index (κ1) is 14.4. The molecule has 1 aromatic rings. The van der Waals surface area contributed by atoms with Gasteiger partial charge < -0.3 is 9.47 Å². The average molecular weight is 299 g/mol. The Balaban J connectivity index is 1.47. The maximum Gasteiger partial charge on any atom is 0.161 e. The van der Waals surface area contributed by atoms with Crippen molar-refractivity contribution in [2.45, 2.75) is 57.0 Å². The SMILES string of the molecule is C1=C(CC2OCCO2)CC2CCCC1N2Cc1ccccc1. The van der Waals surface area contributed by atoms with Gasteiger partial charge in [-0.15, -0.1) is 0 Å². The van der Waals surface area contributed by atoms with Gasteiger partial charge in [0.2, 0.25) is 0 Å². The van der Waals surface area contributed by atoms with Crippen molar-refractivity contribution < 1.29 is 9.47 Å². The molecule has 2 bridgehead atoms. The molecule has 2 unspecified atom stereocenters. The summed E-state index contributed by atoms with van der Waals surface area (Å²) in [7, 11) is 0. The topological polar surface area (TPSA) is 21.7 Å². The van der Waals surface area contributed by atoms with Crippen LogP contribution in [0.25, 0.3) is 0 Å². The summed E-state index contributed by atoms with van der Waals surface area (Å²) in [5.41, 5.74) is 2.98. The first-order chi connectivity index (χ1) is 10.9. The summed E-state index contributed by atoms with van der Waals surface area (Å²) >= 11 is 0. The largest absolute Gasteiger partial charge is 0.350 e. The van der Waals surface area contributed by atoms with E-state index in [4.69, 9.17) is 9.47 Å². The van der Waals surface area contributed by atoms with E-state index in [9.17, 15) is 0 Å². The zero-order valence-electron chi connectivity index (χ0n) is 13.1. The lowest BCUT2D eigenvalue weighted by Gasteiger charge is -2.45. The van der Waals surface area contributed by atoms with Gasteiger partial charge in [-0.1, -0.05) is 48.4 Å². The van der Waals surface area contributed by atoms with Crippen LogP contribution in [0, 0.1) is 0 Å². The Kier molecular flexibility index (Phi) is 4.28. The first-order valence-corrected chi connectivity index (χ1v) is 8.61. The molecule has 3 heteroatoms. The predicted molar refractivity (Wildman–Crippen MR) is 86.4 cm³/mol. The highest BCUT2D eigenvalue weighted by Gasteiger charge is 2.34. The lowest BCUT2D eigenvalue weighted by Crippen LogP contribution is -2.48. The van der Waals surface area contributed by atoms with Crippen LogP contribution in [-0.4, -0.2) is 36.5 Å². The van der Waals surface area contributed by atoms with E-state index in [-0.39, 0.29) is 6.29 Å². The Bertz CT molecular complexity index is 521. The van der Waals surface area contributed by atoms with Crippen LogP contribution in [-0.2, 0) is 16.0 Å². The number of hydrogen-bond acceptors (Lipinski definition) is 3. The van der Waals surface area contributed by atoms with Crippen LogP contribution in [0.4, 0.5) is 0 Å². The molecule has 3 aliphatic heterocycles. The second-order valence-corrected chi connectivity index (χ2v) is 6.71. The van der Waals surface area contributed by atoms with Crippen molar-refractivity contribution in [3.8, 4) is 0 Å². The Morgan fingerprint density at radius 3 is 2.64 bits per heavy atom. The van der Waals surface area contributed by atoms with Gasteiger partial charge in [-0.3, -0.25) is 4.90 Å². The second kappa shape index (κ2) is 6.53. The summed E-state index contributed by atoms with van der Waals surface area (Å²) in [4.78, 5) is 2.71. The van der Waals surface area contributed by atoms with Gasteiger partial charge in [0.25, 0.3) is 0 Å². The number of nitrogens with zero attached hydrogens (tertiary/aromatic N) is 1. The molecular formula is C19H25NO2. The van der Waals surface area contributed by atoms with Crippen molar-refractivity contribution in [3.63, 3.8) is 0 Å². The van der Waals surface area contributed by atoms with Crippen LogP contribution in [0.5, 0.6) is 0 Å². The van der Waals surface area contributed by atoms with Crippen LogP contribution in [0.2, 0.25) is 0 Å². The van der Waals surface area contributed by atoms with E-state index < -0.39 is 0 Å². The Labute approximate surface area is 132 Å². The van der Waals surface area contributed by atoms with Crippen molar-refractivity contribution in [1.29, 1.82) is 0 Å². The van der Waals surface area contributed by atoms with Crippen LogP contribution in [0.3, 0.4) is 0 Å². The molecule has 2 fully saturated rings. The summed E-state index contributed by atoms with van der Waals surface area (Å²) in [5, 5.41) is 0. The molecule has 0 spiro atoms. The molecule has 1 aromatic carbocycles. The first-order valence-electron chi connectivity index (χ1n) is 8.61. The molecule has 22 heavy (non-hydrogen) atoms. The molecule has 0 saturated carbocycles. The lowest BCUT2D eigenvalue weighted by molar-refractivity contribution is -0.0422. The molecule has 3 heterocycles. The molecule has 118 valence electrons. The fourth-order valence-electron chi connectivity index (χ4n) is 4.14. The van der Waals surface area contributed by atoms with Crippen LogP contribution in [0.1, 0.15) is 37.7 Å². The quantitative estimate of drug-likeness (QED) is 0.794. The van der Waals surface area contributed by atoms with Gasteiger partial charge in [-0.25, -0.2) is 0 Å². The van der Waals surface area contributed by atoms with Gasteiger partial charge in [0, 0.05) is 25.0 Å². The molecular weight excluding hydrogens is 274 g/mol. The van der Waals surface area contributed by atoms with Gasteiger partial charge in [-0.2, -0.15) is 0 Å². The Morgan fingerprint density at radius 1 is 1.05 bits per heavy atom. The number of fused-ring (bicyclic) bond motifs is 2. The minimum absolute atomic E-state index is 0.00708. The molecule has 2 atom stereocenters. The zero-order valence-corrected chi connectivity index (χ0v) is 13.1. The third-order valence-corrected chi connectivity index (χ3v) is 5.19. The minimum Gasteiger partial charge on any atom is -0.350 e. The van der Waals surface area contributed by atoms with Crippen molar-refractivity contribution in [2.75, 3.05) is 13.2 Å². The Hall–Kier alpha value is -1.16. The molecule has 0 aromatic heterocycles. The van der Waals surface area contributed by atoms with Crippen molar-refractivity contribution in [2.24, 2.45) is 0 Å². The van der Waals surface area contributed by atoms with Crippen molar-refractivity contribution >= 4 is 0 Å². The summed E-state index contributed by atoms with van der Waals surface area (Å²) in [5.74, 6) is 0. The van der Waals surface area contributed by atoms with Gasteiger partial charge in [-0.05, 0) is 24.8 Å². The average Bonchev–Trinajstić information content (AvgIpc) is 3.02. The molecule has 0 radical (unpaired) electrons. The third kappa shape index (κ3) is 3.12. The molecule has 3 aliphatic rings. The van der Waals surface area contributed by atoms with E-state index >= 15 is 0 Å². The highest BCUT2D eigenvalue weighted by Crippen LogP contribution is 2.36. The lowest BCUT2D eigenvalue weighted by atomic mass is 9.83. The number of ether oxygens (including phenoxy) is 2. The summed E-state index contributed by atoms with van der Waals surface area (Å²) in [6.45, 7) is 2.59. The molecule has 0 N–H and O–H groups in total. The number of piperidine rings is 1. The highest BCUT2D eigenvalue weighted by atomic mass is 16.7. The van der Waals surface area contributed by atoms with Gasteiger partial charge >= 0.3 is 0 Å². The predicted octanol–water partition coefficient (Wildman–Crippen LogP) is 3.50. The minimum atomic E-state index is 0.00708. The molecule has 4 rings (SSSR count). The van der Waals surface area contributed by atoms with Crippen LogP contribution >= 0.6 is 0 Å². The van der Waals surface area contributed by atoms with E-state index in [0.717, 1.165) is 26.2 Å². The maximum absolute atomic E-state index is 5.62. The second-order valence-electron chi connectivity index (χ2n) is 6.71. The Morgan fingerprint density at radius 2 is 1.86 bits per heavy atom. The number of benzene rings is 1. The summed E-state index contributed by atoms with van der Waals surface area (Å²) in [6, 6.07) is 12.2. The van der Waals surface area contributed by atoms with E-state index in [0.29, 0.717) is 12.1 Å². The van der Waals surface area contributed by atoms with E-state index in [1.807, 2.05) is 0 Å². The zero-order chi connectivity index (χ0) is 14.8. The van der Waals surface area contributed by atoms with E-state index in [1.54, 1.807) is 5.57 Å². The van der Waals surface area contributed by atoms with Crippen LogP contribution < -0.4 is 0 Å².